The van der Waals surface area contributed by atoms with Crippen LogP contribution in [0, 0.1) is 5.92 Å². The maximum Gasteiger partial charge on any atom is 0.419 e. The Morgan fingerprint density at radius 2 is 1.84 bits per heavy atom. The highest BCUT2D eigenvalue weighted by Crippen LogP contribution is 2.61. The summed E-state index contributed by atoms with van der Waals surface area (Å²) in [5.74, 6) is -2.52. The van der Waals surface area contributed by atoms with Gasteiger partial charge in [-0.3, -0.25) is 4.90 Å². The van der Waals surface area contributed by atoms with E-state index in [1.165, 1.54) is 6.20 Å². The number of hydrogen-bond donors (Lipinski definition) is 2. The highest BCUT2D eigenvalue weighted by molar-refractivity contribution is 5.62. The van der Waals surface area contributed by atoms with Crippen molar-refractivity contribution in [3.8, 4) is 11.3 Å². The molecule has 2 aromatic rings. The van der Waals surface area contributed by atoms with Crippen LogP contribution in [0.5, 0.6) is 0 Å². The van der Waals surface area contributed by atoms with Crippen molar-refractivity contribution in [2.45, 2.75) is 62.4 Å². The van der Waals surface area contributed by atoms with Crippen molar-refractivity contribution in [1.82, 2.24) is 19.4 Å². The van der Waals surface area contributed by atoms with Crippen molar-refractivity contribution in [1.29, 1.82) is 0 Å². The molecular formula is C21H24F5N5O. The van der Waals surface area contributed by atoms with Crippen LogP contribution < -0.4 is 5.73 Å². The number of anilines is 1. The van der Waals surface area contributed by atoms with Gasteiger partial charge in [0.25, 0.3) is 5.92 Å². The predicted octanol–water partition coefficient (Wildman–Crippen LogP) is 3.86. The van der Waals surface area contributed by atoms with Gasteiger partial charge in [0, 0.05) is 55.5 Å². The minimum atomic E-state index is -4.64. The molecule has 11 heteroatoms. The van der Waals surface area contributed by atoms with E-state index >= 15 is 0 Å². The Labute approximate surface area is 181 Å². The van der Waals surface area contributed by atoms with E-state index in [1.807, 2.05) is 4.57 Å². The third-order valence-corrected chi connectivity index (χ3v) is 7.41. The molecule has 1 aliphatic heterocycles. The number of halogens is 5. The van der Waals surface area contributed by atoms with Crippen molar-refractivity contribution in [2.24, 2.45) is 5.92 Å². The largest absolute Gasteiger partial charge is 0.419 e. The Balaban J connectivity index is 1.40. The first-order chi connectivity index (χ1) is 15.0. The van der Waals surface area contributed by atoms with E-state index in [9.17, 15) is 27.1 Å². The summed E-state index contributed by atoms with van der Waals surface area (Å²) < 4.78 is 68.7. The molecule has 3 saturated carbocycles. The van der Waals surface area contributed by atoms with Gasteiger partial charge in [-0.05, 0) is 31.2 Å². The first-order valence-electron chi connectivity index (χ1n) is 10.7. The van der Waals surface area contributed by atoms with E-state index in [4.69, 9.17) is 5.73 Å². The quantitative estimate of drug-likeness (QED) is 0.682. The Hall–Kier alpha value is -2.27. The van der Waals surface area contributed by atoms with Crippen LogP contribution in [0.3, 0.4) is 0 Å². The summed E-state index contributed by atoms with van der Waals surface area (Å²) in [5, 5.41) is 9.84. The SMILES string of the molecule is Nc1ncc(-c2cn(C3CC4(N5CCC(F)(F)CC5)CC3C4)c(CO)n2)cc1C(F)(F)F. The lowest BCUT2D eigenvalue weighted by Gasteiger charge is -2.50. The number of nitrogen functional groups attached to an aromatic ring is 1. The maximum atomic E-state index is 13.6. The number of alkyl halides is 5. The number of nitrogens with zero attached hydrogens (tertiary/aromatic N) is 4. The summed E-state index contributed by atoms with van der Waals surface area (Å²) in [5.41, 5.74) is 4.69. The van der Waals surface area contributed by atoms with Crippen LogP contribution in [0.15, 0.2) is 18.5 Å². The second-order valence-corrected chi connectivity index (χ2v) is 9.27. The number of aliphatic hydroxyl groups excluding tert-OH is 1. The number of piperidine rings is 1. The third-order valence-electron chi connectivity index (χ3n) is 7.41. The van der Waals surface area contributed by atoms with E-state index in [-0.39, 0.29) is 42.3 Å². The molecule has 0 radical (unpaired) electrons. The van der Waals surface area contributed by atoms with Gasteiger partial charge in [0.2, 0.25) is 0 Å². The van der Waals surface area contributed by atoms with Crippen LogP contribution in [0.4, 0.5) is 27.8 Å². The van der Waals surface area contributed by atoms with Crippen molar-refractivity contribution in [3.05, 3.63) is 29.8 Å². The molecule has 6 nitrogen and oxygen atoms in total. The van der Waals surface area contributed by atoms with Gasteiger partial charge in [-0.2, -0.15) is 13.2 Å². The fourth-order valence-electron chi connectivity index (χ4n) is 5.75. The van der Waals surface area contributed by atoms with Crippen LogP contribution in [0.2, 0.25) is 0 Å². The Morgan fingerprint density at radius 3 is 2.47 bits per heavy atom. The molecule has 1 unspecified atom stereocenters. The number of fused-ring (bicyclic) bond motifs is 1. The molecule has 0 amide bonds. The standard InChI is InChI=1S/C21H24F5N5O/c22-20(23)1-3-30(4-2-20)19-6-13(7-19)16(8-19)31-10-15(29-17(31)11-32)12-5-14(21(24,25)26)18(27)28-9-12/h5,9-10,13,16,32H,1-4,6-8,11H2,(H2,27,28). The Morgan fingerprint density at radius 1 is 1.16 bits per heavy atom. The lowest BCUT2D eigenvalue weighted by Crippen LogP contribution is -2.56. The summed E-state index contributed by atoms with van der Waals surface area (Å²) in [6.45, 7) is 0.373. The minimum absolute atomic E-state index is 0.0182. The normalized spacial score (nSPS) is 29.8. The molecule has 3 N–H and O–H groups in total. The Bertz CT molecular complexity index is 1020. The number of pyridine rings is 1. The number of likely N-dealkylation sites (tertiary alicyclic amines) is 1. The number of rotatable bonds is 4. The number of aliphatic hydroxyl groups is 1. The van der Waals surface area contributed by atoms with Gasteiger partial charge < -0.3 is 15.4 Å². The molecule has 3 aliphatic carbocycles. The predicted molar refractivity (Wildman–Crippen MR) is 106 cm³/mol. The van der Waals surface area contributed by atoms with Gasteiger partial charge >= 0.3 is 6.18 Å². The topological polar surface area (TPSA) is 80.2 Å². The molecule has 4 fully saturated rings. The molecule has 2 aromatic heterocycles. The van der Waals surface area contributed by atoms with Gasteiger partial charge in [-0.25, -0.2) is 18.7 Å². The summed E-state index contributed by atoms with van der Waals surface area (Å²) in [4.78, 5) is 10.2. The summed E-state index contributed by atoms with van der Waals surface area (Å²) in [6, 6.07) is 0.935. The van der Waals surface area contributed by atoms with Crippen molar-refractivity contribution >= 4 is 5.82 Å². The van der Waals surface area contributed by atoms with Crippen LogP contribution in [0.25, 0.3) is 11.3 Å². The number of hydrogen-bond acceptors (Lipinski definition) is 5. The Kier molecular flexibility index (Phi) is 4.79. The summed E-state index contributed by atoms with van der Waals surface area (Å²) in [6.07, 6.45) is 0.524. The van der Waals surface area contributed by atoms with Gasteiger partial charge in [-0.15, -0.1) is 0 Å². The average molecular weight is 457 g/mol. The molecule has 174 valence electrons. The second-order valence-electron chi connectivity index (χ2n) is 9.27. The molecule has 0 spiro atoms. The first kappa shape index (κ1) is 21.6. The molecule has 3 heterocycles. The van der Waals surface area contributed by atoms with Gasteiger partial charge in [0.1, 0.15) is 18.2 Å². The molecule has 1 saturated heterocycles. The monoisotopic (exact) mass is 457 g/mol. The molecule has 4 aliphatic rings. The van der Waals surface area contributed by atoms with Gasteiger partial charge in [0.15, 0.2) is 0 Å². The van der Waals surface area contributed by atoms with E-state index < -0.39 is 23.5 Å². The maximum absolute atomic E-state index is 13.6. The van der Waals surface area contributed by atoms with Crippen LogP contribution in [-0.4, -0.2) is 49.1 Å². The number of imidazole rings is 1. The van der Waals surface area contributed by atoms with Gasteiger partial charge in [-0.1, -0.05) is 0 Å². The number of aromatic nitrogens is 3. The number of nitrogens with two attached hydrogens (primary N) is 1. The van der Waals surface area contributed by atoms with E-state index in [0.717, 1.165) is 25.3 Å². The van der Waals surface area contributed by atoms with E-state index in [2.05, 4.69) is 14.9 Å². The lowest BCUT2D eigenvalue weighted by molar-refractivity contribution is -0.137. The molecular weight excluding hydrogens is 433 g/mol. The summed E-state index contributed by atoms with van der Waals surface area (Å²) in [7, 11) is 0. The fourth-order valence-corrected chi connectivity index (χ4v) is 5.75. The summed E-state index contributed by atoms with van der Waals surface area (Å²) >= 11 is 0. The zero-order valence-corrected chi connectivity index (χ0v) is 17.2. The smallest absolute Gasteiger partial charge is 0.388 e. The van der Waals surface area contributed by atoms with Crippen LogP contribution >= 0.6 is 0 Å². The highest BCUT2D eigenvalue weighted by atomic mass is 19.4. The van der Waals surface area contributed by atoms with Crippen LogP contribution in [-0.2, 0) is 12.8 Å². The molecule has 6 rings (SSSR count). The van der Waals surface area contributed by atoms with Crippen LogP contribution in [0.1, 0.15) is 49.5 Å². The molecule has 0 aromatic carbocycles. The van der Waals surface area contributed by atoms with Crippen molar-refractivity contribution in [2.75, 3.05) is 18.8 Å². The first-order valence-corrected chi connectivity index (χ1v) is 10.7. The highest BCUT2D eigenvalue weighted by Gasteiger charge is 2.60. The van der Waals surface area contributed by atoms with Crippen molar-refractivity contribution in [3.63, 3.8) is 0 Å². The second kappa shape index (κ2) is 7.11. The third kappa shape index (κ3) is 3.45. The molecule has 32 heavy (non-hydrogen) atoms. The molecule has 1 atom stereocenters. The molecule has 2 bridgehead atoms. The average Bonchev–Trinajstić information content (AvgIpc) is 3.38. The van der Waals surface area contributed by atoms with Gasteiger partial charge in [0.05, 0.1) is 11.3 Å². The lowest BCUT2D eigenvalue weighted by atomic mass is 9.74. The van der Waals surface area contributed by atoms with E-state index in [0.29, 0.717) is 24.8 Å². The van der Waals surface area contributed by atoms with Crippen molar-refractivity contribution < 1.29 is 27.1 Å². The minimum Gasteiger partial charge on any atom is -0.388 e. The van der Waals surface area contributed by atoms with E-state index in [1.54, 1.807) is 6.20 Å². The zero-order valence-electron chi connectivity index (χ0n) is 17.2. The zero-order chi connectivity index (χ0) is 22.9. The fraction of sp³-hybridized carbons (Fsp3) is 0.619.